The summed E-state index contributed by atoms with van der Waals surface area (Å²) in [6.07, 6.45) is 0. The smallest absolute Gasteiger partial charge is 0.337 e. The molecule has 6 heteroatoms. The molecule has 0 amide bonds. The van der Waals surface area contributed by atoms with Crippen molar-refractivity contribution < 1.29 is 23.8 Å². The van der Waals surface area contributed by atoms with Gasteiger partial charge in [0, 0.05) is 18.7 Å². The van der Waals surface area contributed by atoms with Crippen LogP contribution in [-0.2, 0) is 24.7 Å². The Kier molecular flexibility index (Phi) is 5.06. The predicted octanol–water partition coefficient (Wildman–Crippen LogP) is 1.93. The van der Waals surface area contributed by atoms with E-state index < -0.39 is 0 Å². The van der Waals surface area contributed by atoms with Gasteiger partial charge in [-0.25, -0.2) is 4.79 Å². The molecule has 3 rings (SSSR count). The molecule has 0 saturated carbocycles. The van der Waals surface area contributed by atoms with Crippen molar-refractivity contribution in [2.45, 2.75) is 32.1 Å². The molecule has 2 fully saturated rings. The van der Waals surface area contributed by atoms with Crippen molar-refractivity contribution in [1.29, 1.82) is 0 Å². The normalized spacial score (nSPS) is 24.8. The van der Waals surface area contributed by atoms with E-state index >= 15 is 0 Å². The second-order valence-electron chi connectivity index (χ2n) is 6.45. The molecule has 2 aliphatic heterocycles. The van der Waals surface area contributed by atoms with Crippen LogP contribution >= 0.6 is 0 Å². The number of carbonyl (C=O) groups excluding carboxylic acids is 2. The fourth-order valence-electron chi connectivity index (χ4n) is 2.43. The molecule has 2 saturated heterocycles. The molecule has 0 radical (unpaired) electrons. The van der Waals surface area contributed by atoms with Crippen LogP contribution in [0.25, 0.3) is 0 Å². The number of fused-ring (bicyclic) bond motifs is 1. The highest BCUT2D eigenvalue weighted by Crippen LogP contribution is 2.47. The van der Waals surface area contributed by atoms with E-state index in [1.165, 1.54) is 7.11 Å². The van der Waals surface area contributed by atoms with E-state index in [9.17, 15) is 9.59 Å². The lowest BCUT2D eigenvalue weighted by molar-refractivity contribution is -0.138. The molecule has 1 aromatic carbocycles. The van der Waals surface area contributed by atoms with Gasteiger partial charge >= 0.3 is 5.97 Å². The van der Waals surface area contributed by atoms with Crippen LogP contribution in [0.5, 0.6) is 0 Å². The van der Waals surface area contributed by atoms with Crippen LogP contribution in [0.15, 0.2) is 24.3 Å². The SMILES string of the molecule is CC(C)(C)OC=O.COC(=O)c1ccc(C23CN2CCO3)cc1. The first-order chi connectivity index (χ1) is 10.8. The molecule has 2 unspecified atom stereocenters. The number of hydrogen-bond acceptors (Lipinski definition) is 6. The molecule has 23 heavy (non-hydrogen) atoms. The van der Waals surface area contributed by atoms with Crippen molar-refractivity contribution >= 4 is 12.4 Å². The molecule has 2 atom stereocenters. The first kappa shape index (κ1) is 17.4. The first-order valence-corrected chi connectivity index (χ1v) is 7.52. The van der Waals surface area contributed by atoms with Gasteiger partial charge in [0.05, 0.1) is 19.3 Å². The molecule has 0 spiro atoms. The Balaban J connectivity index is 0.000000236. The quantitative estimate of drug-likeness (QED) is 0.481. The highest BCUT2D eigenvalue weighted by atomic mass is 16.6. The van der Waals surface area contributed by atoms with E-state index in [1.807, 2.05) is 32.9 Å². The van der Waals surface area contributed by atoms with Crippen LogP contribution < -0.4 is 0 Å². The zero-order valence-corrected chi connectivity index (χ0v) is 14.0. The maximum absolute atomic E-state index is 11.3. The van der Waals surface area contributed by atoms with Crippen LogP contribution in [0.3, 0.4) is 0 Å². The number of morpholine rings is 1. The summed E-state index contributed by atoms with van der Waals surface area (Å²) in [6, 6.07) is 7.46. The van der Waals surface area contributed by atoms with Crippen molar-refractivity contribution in [1.82, 2.24) is 4.90 Å². The van der Waals surface area contributed by atoms with Gasteiger partial charge in [-0.1, -0.05) is 12.1 Å². The van der Waals surface area contributed by atoms with Crippen molar-refractivity contribution in [3.05, 3.63) is 35.4 Å². The van der Waals surface area contributed by atoms with Crippen molar-refractivity contribution in [2.75, 3.05) is 26.8 Å². The number of hydrogen-bond donors (Lipinski definition) is 0. The van der Waals surface area contributed by atoms with E-state index in [0.29, 0.717) is 12.0 Å². The maximum Gasteiger partial charge on any atom is 0.337 e. The second kappa shape index (κ2) is 6.68. The maximum atomic E-state index is 11.3. The van der Waals surface area contributed by atoms with E-state index in [-0.39, 0.29) is 17.3 Å². The van der Waals surface area contributed by atoms with Gasteiger partial charge in [-0.15, -0.1) is 0 Å². The van der Waals surface area contributed by atoms with Gasteiger partial charge in [0.25, 0.3) is 6.47 Å². The second-order valence-corrected chi connectivity index (χ2v) is 6.45. The van der Waals surface area contributed by atoms with Crippen LogP contribution in [0, 0.1) is 0 Å². The van der Waals surface area contributed by atoms with Crippen LogP contribution in [0.2, 0.25) is 0 Å². The summed E-state index contributed by atoms with van der Waals surface area (Å²) in [5.41, 5.74) is 1.20. The third-order valence-electron chi connectivity index (χ3n) is 3.67. The van der Waals surface area contributed by atoms with Gasteiger partial charge in [0.15, 0.2) is 5.72 Å². The Hall–Kier alpha value is -1.92. The van der Waals surface area contributed by atoms with E-state index in [1.54, 1.807) is 12.1 Å². The molecule has 0 aliphatic carbocycles. The number of methoxy groups -OCH3 is 1. The number of benzene rings is 1. The lowest BCUT2D eigenvalue weighted by Crippen LogP contribution is -2.17. The summed E-state index contributed by atoms with van der Waals surface area (Å²) >= 11 is 0. The number of carbonyl (C=O) groups is 2. The van der Waals surface area contributed by atoms with Gasteiger partial charge in [0.2, 0.25) is 0 Å². The van der Waals surface area contributed by atoms with E-state index in [0.717, 1.165) is 25.3 Å². The van der Waals surface area contributed by atoms with Crippen molar-refractivity contribution in [3.8, 4) is 0 Å². The molecule has 1 aromatic rings. The molecule has 2 heterocycles. The Labute approximate surface area is 136 Å². The standard InChI is InChI=1S/C12H13NO3.C5H10O2/c1-15-11(14)9-2-4-10(5-3-9)12-8-13(12)6-7-16-12;1-5(2,3)7-4-6/h2-5H,6-8H2,1H3;4H,1-3H3. The molecule has 0 bridgehead atoms. The topological polar surface area (TPSA) is 64.8 Å². The Bertz CT molecular complexity index is 563. The van der Waals surface area contributed by atoms with Crippen molar-refractivity contribution in [2.24, 2.45) is 0 Å². The van der Waals surface area contributed by atoms with Gasteiger partial charge < -0.3 is 14.2 Å². The van der Waals surface area contributed by atoms with Crippen molar-refractivity contribution in [3.63, 3.8) is 0 Å². The van der Waals surface area contributed by atoms with Gasteiger partial charge in [-0.05, 0) is 32.9 Å². The Morgan fingerprint density at radius 2 is 1.96 bits per heavy atom. The van der Waals surface area contributed by atoms with Gasteiger partial charge in [0.1, 0.15) is 5.60 Å². The average molecular weight is 321 g/mol. The third kappa shape index (κ3) is 4.09. The lowest BCUT2D eigenvalue weighted by Gasteiger charge is -2.14. The number of ether oxygens (including phenoxy) is 3. The zero-order valence-electron chi connectivity index (χ0n) is 14.0. The zero-order chi connectivity index (χ0) is 17.1. The fourth-order valence-corrected chi connectivity index (χ4v) is 2.43. The minimum Gasteiger partial charge on any atom is -0.465 e. The van der Waals surface area contributed by atoms with Crippen LogP contribution in [-0.4, -0.2) is 49.7 Å². The molecular formula is C17H23NO5. The highest BCUT2D eigenvalue weighted by molar-refractivity contribution is 5.89. The first-order valence-electron chi connectivity index (χ1n) is 7.52. The summed E-state index contributed by atoms with van der Waals surface area (Å²) in [4.78, 5) is 23.1. The summed E-state index contributed by atoms with van der Waals surface area (Å²) in [5, 5.41) is 0. The molecule has 6 nitrogen and oxygen atoms in total. The monoisotopic (exact) mass is 321 g/mol. The summed E-state index contributed by atoms with van der Waals surface area (Å²) in [5.74, 6) is -0.302. The molecule has 126 valence electrons. The molecule has 2 aliphatic rings. The summed E-state index contributed by atoms with van der Waals surface area (Å²) in [7, 11) is 1.39. The number of rotatable bonds is 3. The Morgan fingerprint density at radius 1 is 1.30 bits per heavy atom. The number of nitrogens with zero attached hydrogens (tertiary/aromatic N) is 1. The fraction of sp³-hybridized carbons (Fsp3) is 0.529. The molecule has 0 aromatic heterocycles. The number of esters is 1. The highest BCUT2D eigenvalue weighted by Gasteiger charge is 2.58. The predicted molar refractivity (Wildman–Crippen MR) is 83.9 cm³/mol. The lowest BCUT2D eigenvalue weighted by atomic mass is 10.1. The molecular weight excluding hydrogens is 298 g/mol. The molecule has 0 N–H and O–H groups in total. The van der Waals surface area contributed by atoms with E-state index in [2.05, 4.69) is 14.4 Å². The Morgan fingerprint density at radius 3 is 2.30 bits per heavy atom. The third-order valence-corrected chi connectivity index (χ3v) is 3.67. The largest absolute Gasteiger partial charge is 0.465 e. The van der Waals surface area contributed by atoms with Crippen LogP contribution in [0.4, 0.5) is 0 Å². The van der Waals surface area contributed by atoms with E-state index in [4.69, 9.17) is 4.74 Å². The van der Waals surface area contributed by atoms with Gasteiger partial charge in [-0.2, -0.15) is 0 Å². The average Bonchev–Trinajstić information content (AvgIpc) is 3.08. The minimum atomic E-state index is -0.318. The van der Waals surface area contributed by atoms with Gasteiger partial charge in [-0.3, -0.25) is 9.69 Å². The minimum absolute atomic E-state index is 0.186. The van der Waals surface area contributed by atoms with Crippen LogP contribution in [0.1, 0.15) is 36.7 Å². The summed E-state index contributed by atoms with van der Waals surface area (Å²) < 4.78 is 14.9. The summed E-state index contributed by atoms with van der Waals surface area (Å²) in [6.45, 7) is 8.67.